The average Bonchev–Trinajstić information content (AvgIpc) is 3.41. The lowest BCUT2D eigenvalue weighted by atomic mass is 10.1. The van der Waals surface area contributed by atoms with Gasteiger partial charge in [0.1, 0.15) is 0 Å². The van der Waals surface area contributed by atoms with Crippen molar-refractivity contribution in [3.05, 3.63) is 90.4 Å². The molecule has 1 atom stereocenters. The SMILES string of the molecule is C[C@@H](NC(=O)c1cc(-c2ccccc2)on1)c1ccccc1-n1cccn1. The fourth-order valence-electron chi connectivity index (χ4n) is 2.94. The maximum Gasteiger partial charge on any atom is 0.273 e. The van der Waals surface area contributed by atoms with Gasteiger partial charge in [0.2, 0.25) is 0 Å². The van der Waals surface area contributed by atoms with Crippen molar-refractivity contribution in [3.8, 4) is 17.0 Å². The first-order chi connectivity index (χ1) is 13.2. The van der Waals surface area contributed by atoms with Gasteiger partial charge in [-0.25, -0.2) is 4.68 Å². The van der Waals surface area contributed by atoms with E-state index in [1.54, 1.807) is 16.9 Å². The smallest absolute Gasteiger partial charge is 0.273 e. The quantitative estimate of drug-likeness (QED) is 0.585. The summed E-state index contributed by atoms with van der Waals surface area (Å²) >= 11 is 0. The first-order valence-electron chi connectivity index (χ1n) is 8.64. The van der Waals surface area contributed by atoms with E-state index >= 15 is 0 Å². The van der Waals surface area contributed by atoms with Crippen molar-refractivity contribution in [1.82, 2.24) is 20.3 Å². The summed E-state index contributed by atoms with van der Waals surface area (Å²) in [5.74, 6) is 0.272. The minimum Gasteiger partial charge on any atom is -0.355 e. The zero-order valence-corrected chi connectivity index (χ0v) is 14.7. The standard InChI is InChI=1S/C21H18N4O2/c1-15(17-10-5-6-11-19(17)25-13-7-12-22-25)23-21(26)18-14-20(27-24-18)16-8-3-2-4-9-16/h2-15H,1H3,(H,23,26)/t15-/m1/s1. The molecule has 27 heavy (non-hydrogen) atoms. The molecule has 0 bridgehead atoms. The molecule has 1 N–H and O–H groups in total. The Bertz CT molecular complexity index is 1040. The van der Waals surface area contributed by atoms with Crippen LogP contribution < -0.4 is 5.32 Å². The minimum atomic E-state index is -0.288. The molecule has 2 aromatic carbocycles. The predicted molar refractivity (Wildman–Crippen MR) is 101 cm³/mol. The fraction of sp³-hybridized carbons (Fsp3) is 0.0952. The average molecular weight is 358 g/mol. The van der Waals surface area contributed by atoms with Crippen molar-refractivity contribution in [2.24, 2.45) is 0 Å². The van der Waals surface area contributed by atoms with E-state index in [2.05, 4.69) is 15.6 Å². The topological polar surface area (TPSA) is 73.0 Å². The lowest BCUT2D eigenvalue weighted by Gasteiger charge is -2.17. The number of aromatic nitrogens is 3. The van der Waals surface area contributed by atoms with Gasteiger partial charge in [-0.15, -0.1) is 0 Å². The number of nitrogens with one attached hydrogen (secondary N) is 1. The summed E-state index contributed by atoms with van der Waals surface area (Å²) in [6.45, 7) is 1.93. The van der Waals surface area contributed by atoms with Gasteiger partial charge in [0, 0.05) is 24.0 Å². The highest BCUT2D eigenvalue weighted by atomic mass is 16.5. The van der Waals surface area contributed by atoms with Gasteiger partial charge in [0.05, 0.1) is 11.7 Å². The van der Waals surface area contributed by atoms with E-state index in [-0.39, 0.29) is 17.6 Å². The van der Waals surface area contributed by atoms with Gasteiger partial charge in [0.25, 0.3) is 5.91 Å². The van der Waals surface area contributed by atoms with Gasteiger partial charge in [-0.05, 0) is 24.6 Å². The lowest BCUT2D eigenvalue weighted by Crippen LogP contribution is -2.27. The van der Waals surface area contributed by atoms with Crippen LogP contribution in [0.15, 0.2) is 83.6 Å². The molecule has 0 aliphatic carbocycles. The Balaban J connectivity index is 1.53. The van der Waals surface area contributed by atoms with E-state index in [0.717, 1.165) is 16.8 Å². The second-order valence-electron chi connectivity index (χ2n) is 6.15. The summed E-state index contributed by atoms with van der Waals surface area (Å²) in [6.07, 6.45) is 3.59. The number of rotatable bonds is 5. The first kappa shape index (κ1) is 16.8. The number of hydrogen-bond donors (Lipinski definition) is 1. The van der Waals surface area contributed by atoms with Crippen LogP contribution >= 0.6 is 0 Å². The zero-order chi connectivity index (χ0) is 18.6. The molecular weight excluding hydrogens is 340 g/mol. The number of hydrogen-bond acceptors (Lipinski definition) is 4. The molecule has 4 rings (SSSR count). The molecule has 0 spiro atoms. The molecule has 2 heterocycles. The maximum atomic E-state index is 12.6. The number of carbonyl (C=O) groups is 1. The third-order valence-electron chi connectivity index (χ3n) is 4.30. The Morgan fingerprint density at radius 1 is 1.07 bits per heavy atom. The fourth-order valence-corrected chi connectivity index (χ4v) is 2.94. The molecular formula is C21H18N4O2. The van der Waals surface area contributed by atoms with Crippen LogP contribution in [-0.4, -0.2) is 20.8 Å². The van der Waals surface area contributed by atoms with Crippen LogP contribution in [0.5, 0.6) is 0 Å². The van der Waals surface area contributed by atoms with Crippen LogP contribution in [0.2, 0.25) is 0 Å². The molecule has 0 aliphatic rings. The van der Waals surface area contributed by atoms with Crippen LogP contribution in [0, 0.1) is 0 Å². The van der Waals surface area contributed by atoms with Crippen LogP contribution in [0.25, 0.3) is 17.0 Å². The summed E-state index contributed by atoms with van der Waals surface area (Å²) in [4.78, 5) is 12.6. The normalized spacial score (nSPS) is 11.9. The number of amides is 1. The Hall–Kier alpha value is -3.67. The number of para-hydroxylation sites is 1. The van der Waals surface area contributed by atoms with Gasteiger partial charge >= 0.3 is 0 Å². The van der Waals surface area contributed by atoms with Crippen LogP contribution in [0.4, 0.5) is 0 Å². The van der Waals surface area contributed by atoms with Crippen molar-refractivity contribution < 1.29 is 9.32 Å². The van der Waals surface area contributed by atoms with E-state index in [0.29, 0.717) is 5.76 Å². The van der Waals surface area contributed by atoms with Gasteiger partial charge in [-0.3, -0.25) is 4.79 Å². The van der Waals surface area contributed by atoms with Gasteiger partial charge in [-0.2, -0.15) is 5.10 Å². The number of benzene rings is 2. The molecule has 134 valence electrons. The van der Waals surface area contributed by atoms with Crippen LogP contribution in [-0.2, 0) is 0 Å². The summed E-state index contributed by atoms with van der Waals surface area (Å²) in [7, 11) is 0. The lowest BCUT2D eigenvalue weighted by molar-refractivity contribution is 0.0931. The third kappa shape index (κ3) is 3.50. The Morgan fingerprint density at radius 3 is 2.63 bits per heavy atom. The highest BCUT2D eigenvalue weighted by Gasteiger charge is 2.18. The highest BCUT2D eigenvalue weighted by Crippen LogP contribution is 2.23. The maximum absolute atomic E-state index is 12.6. The Morgan fingerprint density at radius 2 is 1.85 bits per heavy atom. The Kier molecular flexibility index (Phi) is 4.53. The molecule has 2 aromatic heterocycles. The van der Waals surface area contributed by atoms with Crippen LogP contribution in [0.1, 0.15) is 29.0 Å². The van der Waals surface area contributed by atoms with Crippen molar-refractivity contribution >= 4 is 5.91 Å². The number of nitrogens with zero attached hydrogens (tertiary/aromatic N) is 3. The zero-order valence-electron chi connectivity index (χ0n) is 14.7. The molecule has 0 aliphatic heterocycles. The van der Waals surface area contributed by atoms with Crippen LogP contribution in [0.3, 0.4) is 0 Å². The molecule has 0 unspecified atom stereocenters. The molecule has 0 saturated carbocycles. The van der Waals surface area contributed by atoms with Gasteiger partial charge < -0.3 is 9.84 Å². The molecule has 0 saturated heterocycles. The molecule has 6 heteroatoms. The van der Waals surface area contributed by atoms with E-state index in [1.807, 2.05) is 73.8 Å². The molecule has 4 aromatic rings. The van der Waals surface area contributed by atoms with E-state index in [1.165, 1.54) is 0 Å². The molecule has 1 amide bonds. The summed E-state index contributed by atoms with van der Waals surface area (Å²) in [5, 5.41) is 11.2. The van der Waals surface area contributed by atoms with E-state index in [9.17, 15) is 4.79 Å². The van der Waals surface area contributed by atoms with Crippen molar-refractivity contribution in [1.29, 1.82) is 0 Å². The van der Waals surface area contributed by atoms with Crippen molar-refractivity contribution in [2.75, 3.05) is 0 Å². The first-order valence-corrected chi connectivity index (χ1v) is 8.64. The Labute approximate surface area is 156 Å². The summed E-state index contributed by atoms with van der Waals surface area (Å²) in [5.41, 5.74) is 3.00. The minimum absolute atomic E-state index is 0.227. The molecule has 0 radical (unpaired) electrons. The van der Waals surface area contributed by atoms with Gasteiger partial charge in [0.15, 0.2) is 11.5 Å². The second-order valence-corrected chi connectivity index (χ2v) is 6.15. The second kappa shape index (κ2) is 7.29. The van der Waals surface area contributed by atoms with Gasteiger partial charge in [-0.1, -0.05) is 53.7 Å². The highest BCUT2D eigenvalue weighted by molar-refractivity contribution is 5.93. The predicted octanol–water partition coefficient (Wildman–Crippen LogP) is 4.02. The van der Waals surface area contributed by atoms with E-state index in [4.69, 9.17) is 4.52 Å². The largest absolute Gasteiger partial charge is 0.355 e. The molecule has 6 nitrogen and oxygen atoms in total. The van der Waals surface area contributed by atoms with Crippen molar-refractivity contribution in [2.45, 2.75) is 13.0 Å². The van der Waals surface area contributed by atoms with E-state index < -0.39 is 0 Å². The number of carbonyl (C=O) groups excluding carboxylic acids is 1. The third-order valence-corrected chi connectivity index (χ3v) is 4.30. The van der Waals surface area contributed by atoms with Crippen molar-refractivity contribution in [3.63, 3.8) is 0 Å². The summed E-state index contributed by atoms with van der Waals surface area (Å²) < 4.78 is 7.10. The summed E-state index contributed by atoms with van der Waals surface area (Å²) in [6, 6.07) is 20.7. The molecule has 0 fully saturated rings. The monoisotopic (exact) mass is 358 g/mol.